The van der Waals surface area contributed by atoms with Gasteiger partial charge >= 0.3 is 6.18 Å². The fourth-order valence-electron chi connectivity index (χ4n) is 2.67. The minimum atomic E-state index is -4.44. The lowest BCUT2D eigenvalue weighted by molar-refractivity contribution is -0.137. The normalized spacial score (nSPS) is 12.6. The Kier molecular flexibility index (Phi) is 5.79. The number of thiazole rings is 1. The Morgan fingerprint density at radius 3 is 2.64 bits per heavy atom. The van der Waals surface area contributed by atoms with Gasteiger partial charge in [-0.25, -0.2) is 9.37 Å². The first-order chi connectivity index (χ1) is 13.2. The molecule has 0 aliphatic heterocycles. The zero-order valence-corrected chi connectivity index (χ0v) is 15.6. The highest BCUT2D eigenvalue weighted by molar-refractivity contribution is 7.13. The summed E-state index contributed by atoms with van der Waals surface area (Å²) in [6, 6.07) is 10.3. The summed E-state index contributed by atoms with van der Waals surface area (Å²) in [6.45, 7) is 1.62. The van der Waals surface area contributed by atoms with Gasteiger partial charge in [-0.2, -0.15) is 13.2 Å². The Morgan fingerprint density at radius 2 is 1.93 bits per heavy atom. The van der Waals surface area contributed by atoms with E-state index in [0.717, 1.165) is 12.1 Å². The molecule has 1 heterocycles. The van der Waals surface area contributed by atoms with Gasteiger partial charge in [0.15, 0.2) is 0 Å². The van der Waals surface area contributed by atoms with Crippen LogP contribution in [0.25, 0.3) is 10.6 Å². The van der Waals surface area contributed by atoms with Crippen molar-refractivity contribution in [3.63, 3.8) is 0 Å². The molecule has 3 rings (SSSR count). The third-order valence-electron chi connectivity index (χ3n) is 4.06. The molecule has 3 aromatic rings. The number of benzene rings is 2. The molecular weight excluding hydrogens is 392 g/mol. The number of alkyl halides is 3. The molecule has 146 valence electrons. The van der Waals surface area contributed by atoms with Gasteiger partial charge in [-0.05, 0) is 36.8 Å². The molecule has 0 aliphatic rings. The third-order valence-corrected chi connectivity index (χ3v) is 5.00. The summed E-state index contributed by atoms with van der Waals surface area (Å²) in [5.74, 6) is -0.733. The molecule has 28 heavy (non-hydrogen) atoms. The van der Waals surface area contributed by atoms with E-state index < -0.39 is 17.8 Å². The van der Waals surface area contributed by atoms with Crippen molar-refractivity contribution in [2.75, 3.05) is 0 Å². The predicted molar refractivity (Wildman–Crippen MR) is 99.2 cm³/mol. The monoisotopic (exact) mass is 408 g/mol. The van der Waals surface area contributed by atoms with Crippen molar-refractivity contribution < 1.29 is 22.4 Å². The van der Waals surface area contributed by atoms with Gasteiger partial charge in [-0.15, -0.1) is 11.3 Å². The molecule has 0 bridgehead atoms. The van der Waals surface area contributed by atoms with Crippen LogP contribution < -0.4 is 5.32 Å². The molecule has 0 aliphatic carbocycles. The number of carbonyl (C=O) groups is 1. The van der Waals surface area contributed by atoms with E-state index in [1.54, 1.807) is 24.4 Å². The van der Waals surface area contributed by atoms with E-state index in [4.69, 9.17) is 0 Å². The minimum absolute atomic E-state index is 0.0187. The predicted octanol–water partition coefficient (Wildman–Crippen LogP) is 5.39. The number of rotatable bonds is 5. The van der Waals surface area contributed by atoms with E-state index in [2.05, 4.69) is 10.3 Å². The van der Waals surface area contributed by atoms with Crippen LogP contribution in [0.15, 0.2) is 53.9 Å². The summed E-state index contributed by atoms with van der Waals surface area (Å²) in [7, 11) is 0. The van der Waals surface area contributed by atoms with Crippen LogP contribution in [0.3, 0.4) is 0 Å². The summed E-state index contributed by atoms with van der Waals surface area (Å²) < 4.78 is 51.8. The van der Waals surface area contributed by atoms with E-state index in [-0.39, 0.29) is 18.1 Å². The molecular formula is C20H16F4N2OS. The third kappa shape index (κ3) is 4.95. The maximum absolute atomic E-state index is 13.3. The Hall–Kier alpha value is -2.74. The maximum atomic E-state index is 13.3. The van der Waals surface area contributed by atoms with E-state index in [1.807, 2.05) is 0 Å². The topological polar surface area (TPSA) is 42.0 Å². The van der Waals surface area contributed by atoms with Crippen molar-refractivity contribution in [2.45, 2.75) is 25.6 Å². The van der Waals surface area contributed by atoms with Gasteiger partial charge in [-0.3, -0.25) is 4.79 Å². The van der Waals surface area contributed by atoms with Crippen LogP contribution in [0, 0.1) is 5.82 Å². The number of hydrogen-bond donors (Lipinski definition) is 1. The average molecular weight is 408 g/mol. The number of halogens is 4. The van der Waals surface area contributed by atoms with E-state index >= 15 is 0 Å². The molecule has 2 aromatic carbocycles. The van der Waals surface area contributed by atoms with E-state index in [0.29, 0.717) is 21.8 Å². The Balaban J connectivity index is 1.65. The van der Waals surface area contributed by atoms with Crippen LogP contribution in [0.2, 0.25) is 0 Å². The molecule has 1 atom stereocenters. The standard InChI is InChI=1S/C20H16F4N2OS/c1-12(13-4-2-6-15(8-13)20(22,23)24)25-18(27)10-17-11-28-19(26-17)14-5-3-7-16(21)9-14/h2-9,11-12H,10H2,1H3,(H,25,27). The van der Waals surface area contributed by atoms with Crippen molar-refractivity contribution in [1.29, 1.82) is 0 Å². The Morgan fingerprint density at radius 1 is 1.18 bits per heavy atom. The molecule has 1 aromatic heterocycles. The summed E-state index contributed by atoms with van der Waals surface area (Å²) >= 11 is 1.29. The maximum Gasteiger partial charge on any atom is 0.416 e. The average Bonchev–Trinajstić information content (AvgIpc) is 3.09. The Labute approximate surface area is 163 Å². The van der Waals surface area contributed by atoms with Crippen molar-refractivity contribution in [2.24, 2.45) is 0 Å². The van der Waals surface area contributed by atoms with Crippen LogP contribution >= 0.6 is 11.3 Å². The fourth-order valence-corrected chi connectivity index (χ4v) is 3.48. The summed E-state index contributed by atoms with van der Waals surface area (Å²) in [5, 5.41) is 4.97. The van der Waals surface area contributed by atoms with E-state index in [1.165, 1.54) is 35.6 Å². The molecule has 0 saturated carbocycles. The zero-order valence-electron chi connectivity index (χ0n) is 14.8. The van der Waals surface area contributed by atoms with Gasteiger partial charge in [0, 0.05) is 10.9 Å². The summed E-state index contributed by atoms with van der Waals surface area (Å²) in [6.07, 6.45) is -4.46. The number of aromatic nitrogens is 1. The minimum Gasteiger partial charge on any atom is -0.349 e. The van der Waals surface area contributed by atoms with Crippen LogP contribution in [-0.2, 0) is 17.4 Å². The van der Waals surface area contributed by atoms with Crippen LogP contribution in [0.1, 0.15) is 29.8 Å². The fraction of sp³-hybridized carbons (Fsp3) is 0.200. The van der Waals surface area contributed by atoms with Crippen molar-refractivity contribution in [3.8, 4) is 10.6 Å². The zero-order chi connectivity index (χ0) is 20.3. The second-order valence-electron chi connectivity index (χ2n) is 6.24. The molecule has 8 heteroatoms. The lowest BCUT2D eigenvalue weighted by Gasteiger charge is -2.16. The number of hydrogen-bond acceptors (Lipinski definition) is 3. The molecule has 1 unspecified atom stereocenters. The van der Waals surface area contributed by atoms with Crippen molar-refractivity contribution in [1.82, 2.24) is 10.3 Å². The first-order valence-corrected chi connectivity index (χ1v) is 9.27. The van der Waals surface area contributed by atoms with Gasteiger partial charge in [-0.1, -0.05) is 24.3 Å². The number of amides is 1. The second-order valence-corrected chi connectivity index (χ2v) is 7.10. The van der Waals surface area contributed by atoms with Gasteiger partial charge < -0.3 is 5.32 Å². The first-order valence-electron chi connectivity index (χ1n) is 8.39. The van der Waals surface area contributed by atoms with Gasteiger partial charge in [0.2, 0.25) is 5.91 Å². The molecule has 1 amide bonds. The smallest absolute Gasteiger partial charge is 0.349 e. The van der Waals surface area contributed by atoms with Crippen molar-refractivity contribution in [3.05, 3.63) is 76.5 Å². The highest BCUT2D eigenvalue weighted by atomic mass is 32.1. The van der Waals surface area contributed by atoms with Gasteiger partial charge in [0.05, 0.1) is 23.7 Å². The highest BCUT2D eigenvalue weighted by Gasteiger charge is 2.30. The van der Waals surface area contributed by atoms with Gasteiger partial charge in [0.25, 0.3) is 0 Å². The van der Waals surface area contributed by atoms with Crippen molar-refractivity contribution >= 4 is 17.2 Å². The number of nitrogens with zero attached hydrogens (tertiary/aromatic N) is 1. The van der Waals surface area contributed by atoms with Crippen LogP contribution in [-0.4, -0.2) is 10.9 Å². The lowest BCUT2D eigenvalue weighted by Crippen LogP contribution is -2.28. The SMILES string of the molecule is CC(NC(=O)Cc1csc(-c2cccc(F)c2)n1)c1cccc(C(F)(F)F)c1. The van der Waals surface area contributed by atoms with Gasteiger partial charge in [0.1, 0.15) is 10.8 Å². The molecule has 0 fully saturated rings. The summed E-state index contributed by atoms with van der Waals surface area (Å²) in [5.41, 5.74) is 0.735. The van der Waals surface area contributed by atoms with E-state index in [9.17, 15) is 22.4 Å². The lowest BCUT2D eigenvalue weighted by atomic mass is 10.0. The molecule has 1 N–H and O–H groups in total. The second kappa shape index (κ2) is 8.10. The summed E-state index contributed by atoms with van der Waals surface area (Å²) in [4.78, 5) is 16.6. The number of carbonyl (C=O) groups excluding carboxylic acids is 1. The molecule has 0 saturated heterocycles. The molecule has 0 spiro atoms. The largest absolute Gasteiger partial charge is 0.416 e. The highest BCUT2D eigenvalue weighted by Crippen LogP contribution is 2.30. The van der Waals surface area contributed by atoms with Crippen LogP contribution in [0.4, 0.5) is 17.6 Å². The first kappa shape index (κ1) is 20.0. The number of nitrogens with one attached hydrogen (secondary N) is 1. The Bertz CT molecular complexity index is 984. The molecule has 0 radical (unpaired) electrons. The molecule has 3 nitrogen and oxygen atoms in total. The van der Waals surface area contributed by atoms with Crippen LogP contribution in [0.5, 0.6) is 0 Å². The quantitative estimate of drug-likeness (QED) is 0.576.